The molecule has 0 bridgehead atoms. The predicted octanol–water partition coefficient (Wildman–Crippen LogP) is -0.790. The second-order valence-electron chi connectivity index (χ2n) is 5.36. The molecular weight excluding hydrogens is 242 g/mol. The molecule has 1 fully saturated rings. The lowest BCUT2D eigenvalue weighted by atomic mass is 10.1. The van der Waals surface area contributed by atoms with Gasteiger partial charge in [0.25, 0.3) is 5.56 Å². The number of nitrogens with zero attached hydrogens (tertiary/aromatic N) is 3. The van der Waals surface area contributed by atoms with Gasteiger partial charge in [0.2, 0.25) is 5.95 Å². The number of piperazine rings is 1. The van der Waals surface area contributed by atoms with Gasteiger partial charge in [-0.25, -0.2) is 4.98 Å². The predicted molar refractivity (Wildman–Crippen MR) is 74.8 cm³/mol. The Morgan fingerprint density at radius 2 is 1.84 bits per heavy atom. The molecule has 6 heteroatoms. The average molecular weight is 263 g/mol. The topological polar surface area (TPSA) is 64.3 Å². The molecule has 19 heavy (non-hydrogen) atoms. The van der Waals surface area contributed by atoms with Gasteiger partial charge >= 0.3 is 0 Å². The molecule has 0 spiro atoms. The molecule has 0 atom stereocenters. The lowest BCUT2D eigenvalue weighted by Gasteiger charge is -2.32. The first-order chi connectivity index (χ1) is 9.24. The van der Waals surface area contributed by atoms with Gasteiger partial charge in [0.1, 0.15) is 0 Å². The summed E-state index contributed by atoms with van der Waals surface area (Å²) in [5, 5.41) is 3.31. The van der Waals surface area contributed by atoms with Crippen LogP contribution in [0.25, 0.3) is 0 Å². The lowest BCUT2D eigenvalue weighted by molar-refractivity contribution is 0.311. The molecule has 0 amide bonds. The van der Waals surface area contributed by atoms with Crippen LogP contribution in [0.15, 0.2) is 4.79 Å². The molecule has 0 saturated carbocycles. The SMILES string of the molecule is CN1CCN(c2nc3c(c(=O)[nH]2)CCNCC3)CC1. The zero-order valence-electron chi connectivity index (χ0n) is 11.4. The molecule has 1 aromatic rings. The van der Waals surface area contributed by atoms with Gasteiger partial charge in [0.05, 0.1) is 5.69 Å². The minimum atomic E-state index is 0.0441. The van der Waals surface area contributed by atoms with Crippen molar-refractivity contribution >= 4 is 5.95 Å². The molecule has 0 aromatic carbocycles. The first-order valence-corrected chi connectivity index (χ1v) is 7.00. The smallest absolute Gasteiger partial charge is 0.255 e. The van der Waals surface area contributed by atoms with Crippen LogP contribution in [-0.4, -0.2) is 61.2 Å². The van der Waals surface area contributed by atoms with E-state index < -0.39 is 0 Å². The number of anilines is 1. The second kappa shape index (κ2) is 5.30. The van der Waals surface area contributed by atoms with Crippen LogP contribution in [0.5, 0.6) is 0 Å². The molecule has 0 aliphatic carbocycles. The lowest BCUT2D eigenvalue weighted by Crippen LogP contribution is -2.45. The van der Waals surface area contributed by atoms with Gasteiger partial charge in [-0.3, -0.25) is 9.78 Å². The van der Waals surface area contributed by atoms with Crippen molar-refractivity contribution in [2.75, 3.05) is 51.2 Å². The molecule has 2 aliphatic heterocycles. The molecule has 3 rings (SSSR count). The van der Waals surface area contributed by atoms with Gasteiger partial charge in [0, 0.05) is 44.7 Å². The van der Waals surface area contributed by atoms with Gasteiger partial charge in [-0.15, -0.1) is 0 Å². The number of aromatic nitrogens is 2. The summed E-state index contributed by atoms with van der Waals surface area (Å²) >= 11 is 0. The van der Waals surface area contributed by atoms with E-state index in [2.05, 4.69) is 27.1 Å². The number of H-pyrrole nitrogens is 1. The molecule has 1 saturated heterocycles. The molecule has 6 nitrogen and oxygen atoms in total. The van der Waals surface area contributed by atoms with Crippen molar-refractivity contribution in [2.24, 2.45) is 0 Å². The third-order valence-electron chi connectivity index (χ3n) is 3.98. The van der Waals surface area contributed by atoms with Crippen molar-refractivity contribution in [3.63, 3.8) is 0 Å². The summed E-state index contributed by atoms with van der Waals surface area (Å²) in [5.74, 6) is 0.749. The van der Waals surface area contributed by atoms with Crippen molar-refractivity contribution in [2.45, 2.75) is 12.8 Å². The highest BCUT2D eigenvalue weighted by Crippen LogP contribution is 2.13. The third kappa shape index (κ3) is 2.64. The largest absolute Gasteiger partial charge is 0.340 e. The van der Waals surface area contributed by atoms with E-state index in [-0.39, 0.29) is 5.56 Å². The van der Waals surface area contributed by atoms with E-state index in [0.717, 1.165) is 69.3 Å². The van der Waals surface area contributed by atoms with E-state index in [1.54, 1.807) is 0 Å². The molecule has 1 aromatic heterocycles. The van der Waals surface area contributed by atoms with Crippen LogP contribution in [0.1, 0.15) is 11.3 Å². The van der Waals surface area contributed by atoms with E-state index in [1.165, 1.54) is 0 Å². The quantitative estimate of drug-likeness (QED) is 0.695. The van der Waals surface area contributed by atoms with Crippen LogP contribution in [0.4, 0.5) is 5.95 Å². The maximum Gasteiger partial charge on any atom is 0.255 e. The summed E-state index contributed by atoms with van der Waals surface area (Å²) in [6.07, 6.45) is 1.63. The highest BCUT2D eigenvalue weighted by atomic mass is 16.1. The molecular formula is C13H21N5O. The molecule has 2 aliphatic rings. The number of hydrogen-bond acceptors (Lipinski definition) is 5. The molecule has 0 radical (unpaired) electrons. The molecule has 104 valence electrons. The Morgan fingerprint density at radius 3 is 2.63 bits per heavy atom. The fourth-order valence-corrected chi connectivity index (χ4v) is 2.71. The Labute approximate surface area is 112 Å². The Bertz CT molecular complexity index is 504. The van der Waals surface area contributed by atoms with Gasteiger partial charge in [-0.05, 0) is 20.0 Å². The minimum Gasteiger partial charge on any atom is -0.340 e. The Morgan fingerprint density at radius 1 is 1.11 bits per heavy atom. The molecule has 0 unspecified atom stereocenters. The fraction of sp³-hybridized carbons (Fsp3) is 0.692. The first-order valence-electron chi connectivity index (χ1n) is 7.00. The van der Waals surface area contributed by atoms with E-state index in [1.807, 2.05) is 0 Å². The van der Waals surface area contributed by atoms with Gasteiger partial charge in [-0.1, -0.05) is 0 Å². The average Bonchev–Trinajstić information content (AvgIpc) is 2.65. The Balaban J connectivity index is 1.89. The van der Waals surface area contributed by atoms with Crippen LogP contribution in [0.2, 0.25) is 0 Å². The summed E-state index contributed by atoms with van der Waals surface area (Å²) in [6, 6.07) is 0. The maximum atomic E-state index is 12.2. The van der Waals surface area contributed by atoms with Gasteiger partial charge in [0.15, 0.2) is 0 Å². The van der Waals surface area contributed by atoms with Crippen LogP contribution in [0.3, 0.4) is 0 Å². The van der Waals surface area contributed by atoms with Crippen LogP contribution >= 0.6 is 0 Å². The first kappa shape index (κ1) is 12.6. The van der Waals surface area contributed by atoms with Crippen molar-refractivity contribution in [1.29, 1.82) is 0 Å². The number of hydrogen-bond donors (Lipinski definition) is 2. The molecule has 2 N–H and O–H groups in total. The second-order valence-corrected chi connectivity index (χ2v) is 5.36. The van der Waals surface area contributed by atoms with Gasteiger partial charge < -0.3 is 15.1 Å². The number of rotatable bonds is 1. The number of aromatic amines is 1. The maximum absolute atomic E-state index is 12.2. The van der Waals surface area contributed by atoms with Crippen molar-refractivity contribution in [1.82, 2.24) is 20.2 Å². The normalized spacial score (nSPS) is 21.0. The summed E-state index contributed by atoms with van der Waals surface area (Å²) < 4.78 is 0. The van der Waals surface area contributed by atoms with E-state index >= 15 is 0 Å². The highest BCUT2D eigenvalue weighted by molar-refractivity contribution is 5.34. The zero-order chi connectivity index (χ0) is 13.2. The van der Waals surface area contributed by atoms with E-state index in [9.17, 15) is 4.79 Å². The highest BCUT2D eigenvalue weighted by Gasteiger charge is 2.19. The van der Waals surface area contributed by atoms with E-state index in [4.69, 9.17) is 4.98 Å². The Hall–Kier alpha value is -1.40. The monoisotopic (exact) mass is 263 g/mol. The number of nitrogens with one attached hydrogen (secondary N) is 2. The third-order valence-corrected chi connectivity index (χ3v) is 3.98. The van der Waals surface area contributed by atoms with Crippen molar-refractivity contribution in [3.8, 4) is 0 Å². The fourth-order valence-electron chi connectivity index (χ4n) is 2.71. The summed E-state index contributed by atoms with van der Waals surface area (Å²) in [6.45, 7) is 5.66. The van der Waals surface area contributed by atoms with E-state index in [0.29, 0.717) is 0 Å². The van der Waals surface area contributed by atoms with Gasteiger partial charge in [-0.2, -0.15) is 0 Å². The van der Waals surface area contributed by atoms with Crippen molar-refractivity contribution < 1.29 is 0 Å². The minimum absolute atomic E-state index is 0.0441. The molecule has 3 heterocycles. The number of likely N-dealkylation sites (N-methyl/N-ethyl adjacent to an activating group) is 1. The van der Waals surface area contributed by atoms with Crippen LogP contribution < -0.4 is 15.8 Å². The van der Waals surface area contributed by atoms with Crippen LogP contribution in [0, 0.1) is 0 Å². The summed E-state index contributed by atoms with van der Waals surface area (Å²) in [5.41, 5.74) is 1.88. The standard InChI is InChI=1S/C13H21N5O/c1-17-6-8-18(9-7-17)13-15-11-3-5-14-4-2-10(11)12(19)16-13/h14H,2-9H2,1H3,(H,15,16,19). The van der Waals surface area contributed by atoms with Crippen LogP contribution in [-0.2, 0) is 12.8 Å². The van der Waals surface area contributed by atoms with Crippen molar-refractivity contribution in [3.05, 3.63) is 21.6 Å². The summed E-state index contributed by atoms with van der Waals surface area (Å²) in [7, 11) is 2.12. The number of fused-ring (bicyclic) bond motifs is 1. The zero-order valence-corrected chi connectivity index (χ0v) is 11.4. The Kier molecular flexibility index (Phi) is 3.52. The summed E-state index contributed by atoms with van der Waals surface area (Å²) in [4.78, 5) is 24.3.